The van der Waals surface area contributed by atoms with Crippen molar-refractivity contribution in [3.05, 3.63) is 11.7 Å². The van der Waals surface area contributed by atoms with Crippen LogP contribution >= 0.6 is 0 Å². The summed E-state index contributed by atoms with van der Waals surface area (Å²) in [4.78, 5) is 14.8. The Bertz CT molecular complexity index is 699. The molecule has 2 N–H and O–H groups in total. The highest BCUT2D eigenvalue weighted by Crippen LogP contribution is 2.36. The summed E-state index contributed by atoms with van der Waals surface area (Å²) in [6.45, 7) is 0.398. The third kappa shape index (κ3) is 4.12. The van der Waals surface area contributed by atoms with Gasteiger partial charge in [0.25, 0.3) is 0 Å². The summed E-state index contributed by atoms with van der Waals surface area (Å²) in [6.07, 6.45) is 5.61. The average molecular weight is 372 g/mol. The first kappa shape index (κ1) is 18.1. The van der Waals surface area contributed by atoms with E-state index in [2.05, 4.69) is 15.5 Å². The molecule has 3 rings (SSSR count). The van der Waals surface area contributed by atoms with Crippen LogP contribution in [0.25, 0.3) is 0 Å². The fraction of sp³-hybridized carbons (Fsp3) is 0.800. The number of rotatable bonds is 5. The second kappa shape index (κ2) is 7.69. The van der Waals surface area contributed by atoms with Crippen LogP contribution < -0.4 is 5.32 Å². The third-order valence-electron chi connectivity index (χ3n) is 4.92. The molecule has 1 amide bonds. The highest BCUT2D eigenvalue weighted by molar-refractivity contribution is 7.89. The zero-order valence-electron chi connectivity index (χ0n) is 14.1. The van der Waals surface area contributed by atoms with E-state index in [0.717, 1.165) is 32.1 Å². The lowest BCUT2D eigenvalue weighted by Gasteiger charge is -2.36. The Kier molecular flexibility index (Phi) is 5.57. The Balaban J connectivity index is 1.77. The van der Waals surface area contributed by atoms with Crippen LogP contribution in [-0.2, 0) is 16.6 Å². The highest BCUT2D eigenvalue weighted by atomic mass is 32.2. The van der Waals surface area contributed by atoms with Gasteiger partial charge in [0, 0.05) is 6.54 Å². The van der Waals surface area contributed by atoms with Gasteiger partial charge < -0.3 is 14.9 Å². The minimum atomic E-state index is -3.40. The van der Waals surface area contributed by atoms with Gasteiger partial charge in [-0.1, -0.05) is 30.8 Å². The summed E-state index contributed by atoms with van der Waals surface area (Å²) in [5.41, 5.74) is 0. The summed E-state index contributed by atoms with van der Waals surface area (Å²) >= 11 is 0. The fourth-order valence-corrected chi connectivity index (χ4v) is 5.89. The van der Waals surface area contributed by atoms with Crippen molar-refractivity contribution in [3.63, 3.8) is 0 Å². The second-order valence-corrected chi connectivity index (χ2v) is 8.80. The van der Waals surface area contributed by atoms with E-state index in [1.54, 1.807) is 0 Å². The summed E-state index contributed by atoms with van der Waals surface area (Å²) in [6, 6.07) is -0.452. The predicted octanol–water partition coefficient (Wildman–Crippen LogP) is 2.03. The Morgan fingerprint density at radius 1 is 1.20 bits per heavy atom. The third-order valence-corrected chi connectivity index (χ3v) is 7.33. The van der Waals surface area contributed by atoms with Crippen LogP contribution in [0.3, 0.4) is 0 Å². The molecule has 0 spiro atoms. The number of aromatic nitrogens is 2. The zero-order chi connectivity index (χ0) is 17.9. The maximum absolute atomic E-state index is 13.1. The van der Waals surface area contributed by atoms with Crippen LogP contribution in [0.1, 0.15) is 69.1 Å². The lowest BCUT2D eigenvalue weighted by atomic mass is 10.0. The molecule has 1 atom stereocenters. The van der Waals surface area contributed by atoms with Crippen LogP contribution in [0, 0.1) is 0 Å². The van der Waals surface area contributed by atoms with E-state index in [0.29, 0.717) is 25.8 Å². The first-order chi connectivity index (χ1) is 12.0. The predicted molar refractivity (Wildman–Crippen MR) is 88.3 cm³/mol. The summed E-state index contributed by atoms with van der Waals surface area (Å²) in [7, 11) is -3.40. The minimum Gasteiger partial charge on any atom is -0.465 e. The molecule has 2 fully saturated rings. The molecule has 0 unspecified atom stereocenters. The van der Waals surface area contributed by atoms with Gasteiger partial charge in [0.05, 0.1) is 11.8 Å². The Morgan fingerprint density at radius 3 is 2.64 bits per heavy atom. The van der Waals surface area contributed by atoms with Crippen LogP contribution in [0.4, 0.5) is 4.79 Å². The van der Waals surface area contributed by atoms with Crippen LogP contribution in [0.5, 0.6) is 0 Å². The van der Waals surface area contributed by atoms with Crippen molar-refractivity contribution in [1.29, 1.82) is 0 Å². The number of hydrogen-bond acceptors (Lipinski definition) is 6. The van der Waals surface area contributed by atoms with E-state index in [4.69, 9.17) is 9.63 Å². The lowest BCUT2D eigenvalue weighted by Crippen LogP contribution is -2.44. The quantitative estimate of drug-likeness (QED) is 0.810. The molecule has 1 aliphatic heterocycles. The van der Waals surface area contributed by atoms with Crippen LogP contribution in [-0.4, -0.2) is 45.9 Å². The van der Waals surface area contributed by atoms with E-state index >= 15 is 0 Å². The molecule has 1 aliphatic carbocycles. The van der Waals surface area contributed by atoms with Gasteiger partial charge in [0.15, 0.2) is 5.82 Å². The molecule has 9 nitrogen and oxygen atoms in total. The van der Waals surface area contributed by atoms with Gasteiger partial charge in [-0.15, -0.1) is 0 Å². The van der Waals surface area contributed by atoms with E-state index in [9.17, 15) is 13.2 Å². The molecule has 25 heavy (non-hydrogen) atoms. The van der Waals surface area contributed by atoms with Gasteiger partial charge in [-0.2, -0.15) is 9.29 Å². The second-order valence-electron chi connectivity index (χ2n) is 6.63. The number of nitrogens with zero attached hydrogens (tertiary/aromatic N) is 3. The van der Waals surface area contributed by atoms with Gasteiger partial charge in [-0.05, 0) is 25.7 Å². The number of carbonyl (C=O) groups is 1. The average Bonchev–Trinajstić information content (AvgIpc) is 3.10. The van der Waals surface area contributed by atoms with Crippen molar-refractivity contribution in [1.82, 2.24) is 19.8 Å². The molecule has 1 aromatic rings. The van der Waals surface area contributed by atoms with Crippen molar-refractivity contribution < 1.29 is 22.8 Å². The molecule has 2 heterocycles. The largest absolute Gasteiger partial charge is 0.465 e. The molecular weight excluding hydrogens is 348 g/mol. The molecular formula is C15H24N4O5S. The maximum atomic E-state index is 13.1. The molecule has 0 bridgehead atoms. The molecule has 1 aromatic heterocycles. The van der Waals surface area contributed by atoms with Gasteiger partial charge >= 0.3 is 6.09 Å². The Labute approximate surface area is 146 Å². The number of piperidine rings is 1. The van der Waals surface area contributed by atoms with Gasteiger partial charge in [0.2, 0.25) is 15.9 Å². The van der Waals surface area contributed by atoms with Crippen molar-refractivity contribution >= 4 is 16.1 Å². The van der Waals surface area contributed by atoms with Crippen molar-refractivity contribution in [2.75, 3.05) is 6.54 Å². The van der Waals surface area contributed by atoms with Crippen molar-refractivity contribution in [2.24, 2.45) is 0 Å². The number of carboxylic acid groups (broad SMARTS) is 1. The number of sulfonamides is 1. The smallest absolute Gasteiger partial charge is 0.405 e. The minimum absolute atomic E-state index is 0.0685. The zero-order valence-corrected chi connectivity index (χ0v) is 14.9. The molecule has 140 valence electrons. The topological polar surface area (TPSA) is 126 Å². The van der Waals surface area contributed by atoms with E-state index in [-0.39, 0.29) is 23.5 Å². The number of amides is 1. The number of nitrogens with one attached hydrogen (secondary N) is 1. The van der Waals surface area contributed by atoms with Crippen LogP contribution in [0.15, 0.2) is 4.52 Å². The SMILES string of the molecule is O=C(O)NCc1noc([C@@H]2CCCCN2S(=O)(=O)C2CCCCC2)n1. The first-order valence-corrected chi connectivity index (χ1v) is 10.3. The molecule has 10 heteroatoms. The van der Waals surface area contributed by atoms with Crippen LogP contribution in [0.2, 0.25) is 0 Å². The molecule has 0 radical (unpaired) electrons. The fourth-order valence-electron chi connectivity index (χ4n) is 3.64. The molecule has 1 saturated heterocycles. The summed E-state index contributed by atoms with van der Waals surface area (Å²) in [5, 5.41) is 14.2. The van der Waals surface area contributed by atoms with E-state index in [1.807, 2.05) is 0 Å². The van der Waals surface area contributed by atoms with E-state index < -0.39 is 22.2 Å². The summed E-state index contributed by atoms with van der Waals surface area (Å²) in [5.74, 6) is 0.458. The number of hydrogen-bond donors (Lipinski definition) is 2. The monoisotopic (exact) mass is 372 g/mol. The van der Waals surface area contributed by atoms with Gasteiger partial charge in [-0.3, -0.25) is 0 Å². The first-order valence-electron chi connectivity index (χ1n) is 8.78. The maximum Gasteiger partial charge on any atom is 0.405 e. The Morgan fingerprint density at radius 2 is 1.92 bits per heavy atom. The normalized spacial score (nSPS) is 23.4. The van der Waals surface area contributed by atoms with Crippen molar-refractivity contribution in [3.8, 4) is 0 Å². The van der Waals surface area contributed by atoms with Gasteiger partial charge in [-0.25, -0.2) is 13.2 Å². The van der Waals surface area contributed by atoms with Gasteiger partial charge in [0.1, 0.15) is 6.04 Å². The standard InChI is InChI=1S/C15H24N4O5S/c20-15(21)16-10-13-17-14(24-18-13)12-8-4-5-9-19(12)25(22,23)11-6-2-1-3-7-11/h11-12,16H,1-10H2,(H,20,21)/t12-/m0/s1. The lowest BCUT2D eigenvalue weighted by molar-refractivity contribution is 0.193. The highest BCUT2D eigenvalue weighted by Gasteiger charge is 2.41. The molecule has 0 aromatic carbocycles. The summed E-state index contributed by atoms with van der Waals surface area (Å²) < 4.78 is 33.0. The van der Waals surface area contributed by atoms with Crippen molar-refractivity contribution in [2.45, 2.75) is 69.2 Å². The molecule has 2 aliphatic rings. The molecule has 1 saturated carbocycles. The van der Waals surface area contributed by atoms with E-state index in [1.165, 1.54) is 4.31 Å². The Hall–Kier alpha value is -1.68.